The number of nitrogens with zero attached hydrogens (tertiary/aromatic N) is 6. The topological polar surface area (TPSA) is 86.9 Å². The van der Waals surface area contributed by atoms with E-state index in [1.165, 1.54) is 11.8 Å². The summed E-state index contributed by atoms with van der Waals surface area (Å²) in [7, 11) is 3.22. The van der Waals surface area contributed by atoms with Crippen LogP contribution in [0.15, 0.2) is 23.5 Å². The molecule has 0 bridgehead atoms. The van der Waals surface area contributed by atoms with Crippen LogP contribution in [0, 0.1) is 11.5 Å². The van der Waals surface area contributed by atoms with Crippen molar-refractivity contribution in [3.63, 3.8) is 0 Å². The summed E-state index contributed by atoms with van der Waals surface area (Å²) in [6.45, 7) is 3.12. The molecule has 2 heterocycles. The van der Waals surface area contributed by atoms with Crippen molar-refractivity contribution < 1.29 is 9.47 Å². The standard InChI is InChI=1S/C17H20N6O2S/c1-24-14-8-12-13(9-15(14)25-2)20-11-21-16(12)22-4-6-23(7-5-22)17(26-3)19-10-18/h8-9,11H,4-7H2,1-3H3. The molecular weight excluding hydrogens is 352 g/mol. The monoisotopic (exact) mass is 372 g/mol. The van der Waals surface area contributed by atoms with Gasteiger partial charge in [-0.25, -0.2) is 9.97 Å². The van der Waals surface area contributed by atoms with Crippen molar-refractivity contribution in [1.82, 2.24) is 14.9 Å². The molecular formula is C17H20N6O2S. The molecule has 0 saturated carbocycles. The van der Waals surface area contributed by atoms with Gasteiger partial charge in [-0.1, -0.05) is 11.8 Å². The highest BCUT2D eigenvalue weighted by molar-refractivity contribution is 8.13. The number of hydrogen-bond donors (Lipinski definition) is 0. The first-order valence-corrected chi connectivity index (χ1v) is 9.31. The molecule has 1 aliphatic heterocycles. The molecule has 1 aliphatic rings. The molecule has 0 N–H and O–H groups in total. The lowest BCUT2D eigenvalue weighted by Crippen LogP contribution is -2.48. The summed E-state index contributed by atoms with van der Waals surface area (Å²) in [5.41, 5.74) is 0.811. The van der Waals surface area contributed by atoms with Crippen LogP contribution < -0.4 is 14.4 Å². The van der Waals surface area contributed by atoms with Gasteiger partial charge in [-0.05, 0) is 12.3 Å². The van der Waals surface area contributed by atoms with Gasteiger partial charge in [0.05, 0.1) is 19.7 Å². The molecule has 0 unspecified atom stereocenters. The molecule has 9 heteroatoms. The molecule has 8 nitrogen and oxygen atoms in total. The van der Waals surface area contributed by atoms with Gasteiger partial charge in [0.15, 0.2) is 16.7 Å². The Kier molecular flexibility index (Phi) is 5.63. The number of rotatable bonds is 3. The maximum atomic E-state index is 8.81. The van der Waals surface area contributed by atoms with Gasteiger partial charge in [0, 0.05) is 37.6 Å². The minimum absolute atomic E-state index is 0.645. The van der Waals surface area contributed by atoms with Crippen molar-refractivity contribution in [1.29, 1.82) is 5.26 Å². The first-order valence-electron chi connectivity index (χ1n) is 8.09. The Bertz CT molecular complexity index is 858. The van der Waals surface area contributed by atoms with Gasteiger partial charge >= 0.3 is 0 Å². The largest absolute Gasteiger partial charge is 0.493 e. The fraction of sp³-hybridized carbons (Fsp3) is 0.412. The molecule has 1 saturated heterocycles. The zero-order chi connectivity index (χ0) is 18.5. The van der Waals surface area contributed by atoms with E-state index >= 15 is 0 Å². The number of methoxy groups -OCH3 is 2. The van der Waals surface area contributed by atoms with E-state index in [0.29, 0.717) is 11.5 Å². The van der Waals surface area contributed by atoms with Crippen LogP contribution in [0.4, 0.5) is 5.82 Å². The van der Waals surface area contributed by atoms with Gasteiger partial charge in [0.2, 0.25) is 6.19 Å². The number of fused-ring (bicyclic) bond motifs is 1. The van der Waals surface area contributed by atoms with Crippen LogP contribution in [0.5, 0.6) is 11.5 Å². The molecule has 0 spiro atoms. The van der Waals surface area contributed by atoms with Crippen molar-refractivity contribution in [3.8, 4) is 17.7 Å². The van der Waals surface area contributed by atoms with E-state index in [1.54, 1.807) is 20.5 Å². The molecule has 136 valence electrons. The van der Waals surface area contributed by atoms with E-state index in [2.05, 4.69) is 24.8 Å². The minimum atomic E-state index is 0.645. The van der Waals surface area contributed by atoms with Crippen molar-refractivity contribution in [2.75, 3.05) is 51.6 Å². The van der Waals surface area contributed by atoms with Crippen molar-refractivity contribution in [2.45, 2.75) is 0 Å². The summed E-state index contributed by atoms with van der Waals surface area (Å²) in [6.07, 6.45) is 5.37. The van der Waals surface area contributed by atoms with E-state index in [1.807, 2.05) is 24.6 Å². The summed E-state index contributed by atoms with van der Waals surface area (Å²) in [6, 6.07) is 3.78. The number of ether oxygens (including phenoxy) is 2. The second kappa shape index (κ2) is 8.10. The molecule has 1 aromatic carbocycles. The number of aliphatic imine (C=N–C) groups is 1. The van der Waals surface area contributed by atoms with Crippen LogP contribution in [-0.2, 0) is 0 Å². The number of aromatic nitrogens is 2. The molecule has 1 fully saturated rings. The van der Waals surface area contributed by atoms with Crippen LogP contribution in [-0.4, -0.2) is 66.7 Å². The van der Waals surface area contributed by atoms with Crippen LogP contribution in [0.25, 0.3) is 10.9 Å². The van der Waals surface area contributed by atoms with Gasteiger partial charge in [0.1, 0.15) is 12.1 Å². The van der Waals surface area contributed by atoms with Crippen LogP contribution >= 0.6 is 11.8 Å². The lowest BCUT2D eigenvalue weighted by molar-refractivity contribution is 0.355. The van der Waals surface area contributed by atoms with Crippen LogP contribution in [0.1, 0.15) is 0 Å². The third-order valence-corrected chi connectivity index (χ3v) is 5.01. The fourth-order valence-corrected chi connectivity index (χ4v) is 3.59. The number of thioether (sulfide) groups is 1. The lowest BCUT2D eigenvalue weighted by Gasteiger charge is -2.36. The first-order chi connectivity index (χ1) is 12.7. The SMILES string of the molecule is COc1cc2ncnc(N3CCN(C(=NC#N)SC)CC3)c2cc1OC. The second-order valence-electron chi connectivity index (χ2n) is 5.59. The predicted octanol–water partition coefficient (Wildman–Crippen LogP) is 1.97. The van der Waals surface area contributed by atoms with E-state index in [4.69, 9.17) is 14.7 Å². The molecule has 0 atom stereocenters. The summed E-state index contributed by atoms with van der Waals surface area (Å²) in [5, 5.41) is 10.5. The third-order valence-electron chi connectivity index (χ3n) is 4.30. The average molecular weight is 372 g/mol. The average Bonchev–Trinajstić information content (AvgIpc) is 2.70. The minimum Gasteiger partial charge on any atom is -0.493 e. The van der Waals surface area contributed by atoms with E-state index in [-0.39, 0.29) is 0 Å². The second-order valence-corrected chi connectivity index (χ2v) is 6.37. The number of benzene rings is 1. The summed E-state index contributed by atoms with van der Waals surface area (Å²) >= 11 is 1.49. The zero-order valence-corrected chi connectivity index (χ0v) is 15.8. The van der Waals surface area contributed by atoms with Gasteiger partial charge in [-0.15, -0.1) is 4.99 Å². The molecule has 26 heavy (non-hydrogen) atoms. The maximum Gasteiger partial charge on any atom is 0.208 e. The molecule has 0 amide bonds. The Hall–Kier alpha value is -2.73. The van der Waals surface area contributed by atoms with Crippen molar-refractivity contribution in [3.05, 3.63) is 18.5 Å². The highest BCUT2D eigenvalue weighted by Crippen LogP contribution is 2.34. The fourth-order valence-electron chi connectivity index (χ4n) is 3.02. The molecule has 2 aromatic rings. The third kappa shape index (κ3) is 3.46. The number of hydrogen-bond acceptors (Lipinski definition) is 8. The van der Waals surface area contributed by atoms with E-state index in [0.717, 1.165) is 48.1 Å². The summed E-state index contributed by atoms with van der Waals surface area (Å²) < 4.78 is 10.8. The Morgan fingerprint density at radius 2 is 1.85 bits per heavy atom. The van der Waals surface area contributed by atoms with Crippen molar-refractivity contribution in [2.24, 2.45) is 4.99 Å². The maximum absolute atomic E-state index is 8.81. The smallest absolute Gasteiger partial charge is 0.208 e. The highest BCUT2D eigenvalue weighted by Gasteiger charge is 2.22. The molecule has 3 rings (SSSR count). The summed E-state index contributed by atoms with van der Waals surface area (Å²) in [4.78, 5) is 17.1. The molecule has 1 aromatic heterocycles. The highest BCUT2D eigenvalue weighted by atomic mass is 32.2. The molecule has 0 aliphatic carbocycles. The quantitative estimate of drug-likeness (QED) is 0.459. The number of anilines is 1. The lowest BCUT2D eigenvalue weighted by atomic mass is 10.2. The first kappa shape index (κ1) is 18.1. The van der Waals surface area contributed by atoms with Crippen LogP contribution in [0.3, 0.4) is 0 Å². The normalized spacial score (nSPS) is 15.1. The van der Waals surface area contributed by atoms with Gasteiger partial charge in [-0.3, -0.25) is 0 Å². The van der Waals surface area contributed by atoms with Gasteiger partial charge < -0.3 is 19.3 Å². The number of piperazine rings is 1. The van der Waals surface area contributed by atoms with Gasteiger partial charge in [-0.2, -0.15) is 5.26 Å². The Labute approximate surface area is 156 Å². The van der Waals surface area contributed by atoms with E-state index in [9.17, 15) is 0 Å². The molecule has 0 radical (unpaired) electrons. The Morgan fingerprint density at radius 3 is 2.46 bits per heavy atom. The predicted molar refractivity (Wildman–Crippen MR) is 103 cm³/mol. The Balaban J connectivity index is 1.88. The zero-order valence-electron chi connectivity index (χ0n) is 15.0. The number of nitriles is 1. The summed E-state index contributed by atoms with van der Waals surface area (Å²) in [5.74, 6) is 2.17. The Morgan fingerprint density at radius 1 is 1.15 bits per heavy atom. The van der Waals surface area contributed by atoms with Crippen molar-refractivity contribution >= 4 is 33.7 Å². The number of amidine groups is 1. The van der Waals surface area contributed by atoms with E-state index < -0.39 is 0 Å². The van der Waals surface area contributed by atoms with Crippen LogP contribution in [0.2, 0.25) is 0 Å². The van der Waals surface area contributed by atoms with Gasteiger partial charge in [0.25, 0.3) is 0 Å².